The first-order chi connectivity index (χ1) is 5.29. The van der Waals surface area contributed by atoms with Crippen molar-refractivity contribution in [2.45, 2.75) is 6.04 Å². The van der Waals surface area contributed by atoms with Gasteiger partial charge in [0.1, 0.15) is 0 Å². The zero-order chi connectivity index (χ0) is 8.10. The molecular weight excluding hydrogens is 150 g/mol. The van der Waals surface area contributed by atoms with Gasteiger partial charge in [0.2, 0.25) is 0 Å². The lowest BCUT2D eigenvalue weighted by Gasteiger charge is -2.07. The fraction of sp³-hybridized carbons (Fsp3) is 0.333. The van der Waals surface area contributed by atoms with Crippen LogP contribution in [-0.2, 0) is 6.04 Å². The van der Waals surface area contributed by atoms with Gasteiger partial charge in [-0.05, 0) is 25.7 Å². The van der Waals surface area contributed by atoms with Gasteiger partial charge < -0.3 is 4.57 Å². The average molecular weight is 165 g/mol. The van der Waals surface area contributed by atoms with Gasteiger partial charge >= 0.3 is 0 Å². The topological polar surface area (TPSA) is 3.24 Å². The van der Waals surface area contributed by atoms with E-state index in [9.17, 15) is 0 Å². The summed E-state index contributed by atoms with van der Waals surface area (Å²) in [5.41, 5.74) is 1.48. The van der Waals surface area contributed by atoms with Crippen molar-refractivity contribution >= 4 is 9.68 Å². The molecule has 1 aromatic rings. The lowest BCUT2D eigenvalue weighted by atomic mass is 10.2. The molecule has 11 heavy (non-hydrogen) atoms. The van der Waals surface area contributed by atoms with Crippen LogP contribution in [0.2, 0.25) is 0 Å². The van der Waals surface area contributed by atoms with E-state index in [4.69, 9.17) is 0 Å². The predicted octanol–water partition coefficient (Wildman–Crippen LogP) is 0.832. The van der Waals surface area contributed by atoms with Crippen LogP contribution in [0.5, 0.6) is 0 Å². The third-order valence-corrected chi connectivity index (χ3v) is 3.39. The van der Waals surface area contributed by atoms with Crippen LogP contribution in [0.25, 0.3) is 0 Å². The summed E-state index contributed by atoms with van der Waals surface area (Å²) < 4.78 is 2.34. The minimum absolute atomic E-state index is 0.0189. The van der Waals surface area contributed by atoms with E-state index < -0.39 is 0 Å². The summed E-state index contributed by atoms with van der Waals surface area (Å²) in [7, 11) is 4.30. The highest BCUT2D eigenvalue weighted by molar-refractivity contribution is 6.31. The van der Waals surface area contributed by atoms with Gasteiger partial charge in [-0.15, -0.1) is 0 Å². The Kier molecular flexibility index (Phi) is 3.33. The van der Waals surface area contributed by atoms with E-state index in [-0.39, 0.29) is 9.68 Å². The molecule has 0 unspecified atom stereocenters. The van der Waals surface area contributed by atoms with Crippen LogP contribution >= 0.6 is 0 Å². The maximum absolute atomic E-state index is 2.34. The van der Waals surface area contributed by atoms with Gasteiger partial charge in [0.15, 0.2) is 0 Å². The normalized spacial score (nSPS) is 11.5. The molecule has 2 heteroatoms. The van der Waals surface area contributed by atoms with Crippen LogP contribution in [0.3, 0.4) is 0 Å². The first kappa shape index (κ1) is 8.49. The van der Waals surface area contributed by atoms with Gasteiger partial charge in [-0.2, -0.15) is 0 Å². The Bertz CT molecular complexity index is 196. The second-order valence-corrected chi connectivity index (χ2v) is 5.25. The van der Waals surface area contributed by atoms with Crippen molar-refractivity contribution in [3.05, 3.63) is 35.9 Å². The number of hydrogen-bond acceptors (Lipinski definition) is 1. The van der Waals surface area contributed by atoms with E-state index in [1.807, 2.05) is 0 Å². The van der Waals surface area contributed by atoms with Gasteiger partial charge in [-0.1, -0.05) is 30.3 Å². The van der Waals surface area contributed by atoms with E-state index in [1.54, 1.807) is 0 Å². The minimum atomic E-state index is -0.0189. The molecule has 0 saturated carbocycles. The van der Waals surface area contributed by atoms with Gasteiger partial charge in [0, 0.05) is 0 Å². The SMILES string of the molecule is CN(C)[SiH2]Cc1ccccc1. The maximum Gasteiger partial charge on any atom is 0.0986 e. The van der Waals surface area contributed by atoms with E-state index in [0.29, 0.717) is 0 Å². The van der Waals surface area contributed by atoms with Gasteiger partial charge in [-0.3, -0.25) is 0 Å². The van der Waals surface area contributed by atoms with Gasteiger partial charge in [0.25, 0.3) is 0 Å². The van der Waals surface area contributed by atoms with Crippen LogP contribution in [-0.4, -0.2) is 28.3 Å². The molecule has 0 atom stereocenters. The largest absolute Gasteiger partial charge is 0.334 e. The van der Waals surface area contributed by atoms with Crippen molar-refractivity contribution in [1.29, 1.82) is 0 Å². The first-order valence-electron chi connectivity index (χ1n) is 3.97. The Balaban J connectivity index is 2.39. The third kappa shape index (κ3) is 3.35. The zero-order valence-electron chi connectivity index (χ0n) is 7.25. The van der Waals surface area contributed by atoms with Crippen molar-refractivity contribution in [1.82, 2.24) is 4.57 Å². The summed E-state index contributed by atoms with van der Waals surface area (Å²) in [6.07, 6.45) is 0. The molecule has 0 aliphatic carbocycles. The third-order valence-electron chi connectivity index (χ3n) is 1.69. The Morgan fingerprint density at radius 1 is 1.18 bits per heavy atom. The molecule has 0 N–H and O–H groups in total. The molecule has 1 nitrogen and oxygen atoms in total. The summed E-state index contributed by atoms with van der Waals surface area (Å²) in [4.78, 5) is 0. The molecule has 60 valence electrons. The standard InChI is InChI=1S/C9H15NSi/c1-10(2)11-8-9-6-4-3-5-7-9/h3-7H,8,11H2,1-2H3. The predicted molar refractivity (Wildman–Crippen MR) is 52.4 cm³/mol. The van der Waals surface area contributed by atoms with Gasteiger partial charge in [-0.25, -0.2) is 0 Å². The summed E-state index contributed by atoms with van der Waals surface area (Å²) in [5.74, 6) is 0. The highest BCUT2D eigenvalue weighted by Crippen LogP contribution is 1.97. The highest BCUT2D eigenvalue weighted by atomic mass is 28.2. The first-order valence-corrected chi connectivity index (χ1v) is 5.61. The average Bonchev–Trinajstić information content (AvgIpc) is 2.03. The number of benzene rings is 1. The fourth-order valence-corrected chi connectivity index (χ4v) is 2.04. The van der Waals surface area contributed by atoms with Crippen molar-refractivity contribution < 1.29 is 0 Å². The minimum Gasteiger partial charge on any atom is -0.334 e. The molecule has 1 rings (SSSR count). The molecule has 0 aromatic heterocycles. The van der Waals surface area contributed by atoms with Crippen LogP contribution in [0.15, 0.2) is 30.3 Å². The number of hydrogen-bond donors (Lipinski definition) is 0. The van der Waals surface area contributed by atoms with Crippen molar-refractivity contribution in [2.75, 3.05) is 14.1 Å². The van der Waals surface area contributed by atoms with Crippen molar-refractivity contribution in [2.24, 2.45) is 0 Å². The van der Waals surface area contributed by atoms with E-state index in [0.717, 1.165) is 0 Å². The molecule has 1 aromatic carbocycles. The van der Waals surface area contributed by atoms with E-state index in [2.05, 4.69) is 49.0 Å². The molecule has 0 amide bonds. The van der Waals surface area contributed by atoms with Crippen LogP contribution in [0.1, 0.15) is 5.56 Å². The summed E-state index contributed by atoms with van der Waals surface area (Å²) in [5, 5.41) is 0. The lowest BCUT2D eigenvalue weighted by molar-refractivity contribution is 0.657. The molecule has 0 fully saturated rings. The molecule has 0 saturated heterocycles. The van der Waals surface area contributed by atoms with Crippen LogP contribution in [0.4, 0.5) is 0 Å². The second-order valence-electron chi connectivity index (χ2n) is 3.04. The molecule has 0 bridgehead atoms. The maximum atomic E-state index is 2.34. The van der Waals surface area contributed by atoms with Crippen LogP contribution in [0, 0.1) is 0 Å². The Morgan fingerprint density at radius 2 is 1.82 bits per heavy atom. The zero-order valence-corrected chi connectivity index (χ0v) is 8.66. The molecule has 0 aliphatic rings. The van der Waals surface area contributed by atoms with Crippen LogP contribution < -0.4 is 0 Å². The molecule has 0 spiro atoms. The lowest BCUT2D eigenvalue weighted by Crippen LogP contribution is -2.19. The Hall–Kier alpha value is -0.603. The Morgan fingerprint density at radius 3 is 2.36 bits per heavy atom. The molecule has 0 radical (unpaired) electrons. The molecular formula is C9H15NSi. The smallest absolute Gasteiger partial charge is 0.0986 e. The summed E-state index contributed by atoms with van der Waals surface area (Å²) in [6.45, 7) is 0. The fourth-order valence-electron chi connectivity index (χ4n) is 0.997. The van der Waals surface area contributed by atoms with Gasteiger partial charge in [0.05, 0.1) is 9.68 Å². The van der Waals surface area contributed by atoms with Crippen molar-refractivity contribution in [3.8, 4) is 0 Å². The van der Waals surface area contributed by atoms with E-state index in [1.165, 1.54) is 11.6 Å². The number of rotatable bonds is 3. The highest BCUT2D eigenvalue weighted by Gasteiger charge is 1.92. The Labute approximate surface area is 70.9 Å². The summed E-state index contributed by atoms with van der Waals surface area (Å²) >= 11 is 0. The second kappa shape index (κ2) is 4.31. The molecule has 0 aliphatic heterocycles. The molecule has 0 heterocycles. The quantitative estimate of drug-likeness (QED) is 0.600. The van der Waals surface area contributed by atoms with Crippen molar-refractivity contribution in [3.63, 3.8) is 0 Å². The monoisotopic (exact) mass is 165 g/mol. The summed E-state index contributed by atoms with van der Waals surface area (Å²) in [6, 6.07) is 12.0. The number of nitrogens with zero attached hydrogens (tertiary/aromatic N) is 1. The van der Waals surface area contributed by atoms with E-state index >= 15 is 0 Å².